The molecule has 6 nitrogen and oxygen atoms in total. The Morgan fingerprint density at radius 2 is 2.15 bits per heavy atom. The van der Waals surface area contributed by atoms with Crippen LogP contribution in [0.3, 0.4) is 0 Å². The summed E-state index contributed by atoms with van der Waals surface area (Å²) >= 11 is 7.20. The van der Waals surface area contributed by atoms with Crippen LogP contribution >= 0.6 is 23.6 Å². The van der Waals surface area contributed by atoms with Crippen LogP contribution < -0.4 is 10.5 Å². The number of thiophene rings is 1. The van der Waals surface area contributed by atoms with Crippen LogP contribution in [-0.2, 0) is 13.0 Å². The number of benzene rings is 1. The van der Waals surface area contributed by atoms with Crippen molar-refractivity contribution in [3.05, 3.63) is 55.9 Å². The molecule has 4 aromatic rings. The highest BCUT2D eigenvalue weighted by atomic mass is 32.1. The number of rotatable bonds is 3. The van der Waals surface area contributed by atoms with Crippen molar-refractivity contribution in [1.29, 1.82) is 0 Å². The van der Waals surface area contributed by atoms with Gasteiger partial charge in [-0.15, -0.1) is 16.4 Å². The Morgan fingerprint density at radius 1 is 1.33 bits per heavy atom. The highest BCUT2D eigenvalue weighted by molar-refractivity contribution is 7.71. The minimum absolute atomic E-state index is 0.00542. The van der Waals surface area contributed by atoms with Gasteiger partial charge in [-0.2, -0.15) is 0 Å². The van der Waals surface area contributed by atoms with E-state index in [4.69, 9.17) is 12.2 Å². The molecule has 2 N–H and O–H groups in total. The van der Waals surface area contributed by atoms with E-state index < -0.39 is 0 Å². The molecule has 3 aromatic heterocycles. The van der Waals surface area contributed by atoms with Crippen molar-refractivity contribution in [1.82, 2.24) is 19.2 Å². The number of aromatic amines is 1. The molecule has 4 heterocycles. The summed E-state index contributed by atoms with van der Waals surface area (Å²) in [6.45, 7) is 5.45. The topological polar surface area (TPSA) is 59.5 Å². The fourth-order valence-corrected chi connectivity index (χ4v) is 5.79. The van der Waals surface area contributed by atoms with E-state index in [9.17, 15) is 4.79 Å². The first-order valence-corrected chi connectivity index (χ1v) is 10.5. The fraction of sp³-hybridized carbons (Fsp3) is 0.316. The standard InChI is InChI=1S/C19H19N5OS2/c1-2-9-22-10-8-13-14(11-22)27-17-15(13)16(25)23(12-6-4-3-5-7-12)18-20-21-19(26)24(17)18/h3-7H,2,8-11H2,1H3,(H,21,26)/p+1. The highest BCUT2D eigenvalue weighted by Gasteiger charge is 2.28. The summed E-state index contributed by atoms with van der Waals surface area (Å²) in [7, 11) is 0. The van der Waals surface area contributed by atoms with E-state index in [0.29, 0.717) is 10.5 Å². The number of nitrogens with one attached hydrogen (secondary N) is 2. The molecule has 1 atom stereocenters. The van der Waals surface area contributed by atoms with Gasteiger partial charge in [0.2, 0.25) is 10.5 Å². The SMILES string of the molecule is CCC[NH+]1CCc2c(sc3c2c(=O)n(-c2ccccc2)c2n[nH]c(=S)n32)C1. The van der Waals surface area contributed by atoms with Crippen molar-refractivity contribution in [2.24, 2.45) is 0 Å². The molecule has 1 aliphatic heterocycles. The fourth-order valence-electron chi connectivity index (χ4n) is 4.10. The molecule has 0 radical (unpaired) electrons. The third kappa shape index (κ3) is 2.51. The molecule has 27 heavy (non-hydrogen) atoms. The largest absolute Gasteiger partial charge is 0.330 e. The van der Waals surface area contributed by atoms with Crippen LogP contribution in [0.25, 0.3) is 21.7 Å². The van der Waals surface area contributed by atoms with Gasteiger partial charge in [-0.05, 0) is 36.3 Å². The summed E-state index contributed by atoms with van der Waals surface area (Å²) in [5, 5.41) is 8.04. The predicted octanol–water partition coefficient (Wildman–Crippen LogP) is 2.11. The molecule has 5 rings (SSSR count). The Bertz CT molecular complexity index is 1260. The van der Waals surface area contributed by atoms with Gasteiger partial charge in [0.15, 0.2) is 0 Å². The molecular weight excluding hydrogens is 378 g/mol. The summed E-state index contributed by atoms with van der Waals surface area (Å²) < 4.78 is 4.12. The zero-order valence-electron chi connectivity index (χ0n) is 15.0. The molecule has 1 unspecified atom stereocenters. The maximum Gasteiger partial charge on any atom is 0.268 e. The predicted molar refractivity (Wildman–Crippen MR) is 110 cm³/mol. The molecule has 8 heteroatoms. The maximum atomic E-state index is 13.6. The Morgan fingerprint density at radius 3 is 2.93 bits per heavy atom. The monoisotopic (exact) mass is 398 g/mol. The number of H-pyrrole nitrogens is 1. The Balaban J connectivity index is 1.87. The van der Waals surface area contributed by atoms with Crippen LogP contribution in [-0.4, -0.2) is 32.3 Å². The van der Waals surface area contributed by atoms with Gasteiger partial charge >= 0.3 is 0 Å². The number of hydrogen-bond donors (Lipinski definition) is 2. The van der Waals surface area contributed by atoms with Crippen molar-refractivity contribution in [2.75, 3.05) is 13.1 Å². The molecular formula is C19H20N5OS2+. The molecule has 1 aliphatic rings. The number of para-hydroxylation sites is 1. The van der Waals surface area contributed by atoms with E-state index in [2.05, 4.69) is 17.1 Å². The van der Waals surface area contributed by atoms with E-state index in [-0.39, 0.29) is 5.56 Å². The second kappa shape index (κ2) is 6.40. The minimum Gasteiger partial charge on any atom is -0.330 e. The summed E-state index contributed by atoms with van der Waals surface area (Å²) in [6, 6.07) is 9.66. The second-order valence-electron chi connectivity index (χ2n) is 7.00. The van der Waals surface area contributed by atoms with Gasteiger partial charge in [-0.3, -0.25) is 4.79 Å². The van der Waals surface area contributed by atoms with Gasteiger partial charge in [0, 0.05) is 6.42 Å². The lowest BCUT2D eigenvalue weighted by Crippen LogP contribution is -3.11. The minimum atomic E-state index is -0.00542. The Labute approximate surface area is 164 Å². The van der Waals surface area contributed by atoms with Gasteiger partial charge in [-0.1, -0.05) is 25.1 Å². The van der Waals surface area contributed by atoms with Crippen molar-refractivity contribution in [3.8, 4) is 5.69 Å². The van der Waals surface area contributed by atoms with Crippen LogP contribution in [0, 0.1) is 4.77 Å². The average Bonchev–Trinajstić information content (AvgIpc) is 3.23. The molecule has 138 valence electrons. The first kappa shape index (κ1) is 16.9. The van der Waals surface area contributed by atoms with Crippen molar-refractivity contribution in [2.45, 2.75) is 26.3 Å². The van der Waals surface area contributed by atoms with E-state index >= 15 is 0 Å². The van der Waals surface area contributed by atoms with Crippen LogP contribution in [0.1, 0.15) is 23.8 Å². The average molecular weight is 399 g/mol. The second-order valence-corrected chi connectivity index (χ2v) is 8.47. The molecule has 0 saturated carbocycles. The van der Waals surface area contributed by atoms with Crippen LogP contribution in [0.15, 0.2) is 35.1 Å². The maximum absolute atomic E-state index is 13.6. The van der Waals surface area contributed by atoms with Gasteiger partial charge < -0.3 is 4.90 Å². The normalized spacial score (nSPS) is 16.9. The number of aromatic nitrogens is 4. The Kier molecular flexibility index (Phi) is 3.99. The highest BCUT2D eigenvalue weighted by Crippen LogP contribution is 2.31. The molecule has 0 bridgehead atoms. The van der Waals surface area contributed by atoms with Crippen molar-refractivity contribution < 1.29 is 4.90 Å². The molecule has 1 aromatic carbocycles. The molecule has 0 spiro atoms. The van der Waals surface area contributed by atoms with E-state index in [1.807, 2.05) is 34.7 Å². The number of fused-ring (bicyclic) bond motifs is 5. The summed E-state index contributed by atoms with van der Waals surface area (Å²) in [5.74, 6) is 0.542. The van der Waals surface area contributed by atoms with E-state index in [1.165, 1.54) is 23.4 Å². The van der Waals surface area contributed by atoms with Crippen LogP contribution in [0.5, 0.6) is 0 Å². The molecule has 0 amide bonds. The number of hydrogen-bond acceptors (Lipinski definition) is 4. The van der Waals surface area contributed by atoms with E-state index in [0.717, 1.165) is 35.4 Å². The van der Waals surface area contributed by atoms with Gasteiger partial charge in [0.05, 0.1) is 29.0 Å². The lowest BCUT2D eigenvalue weighted by atomic mass is 10.1. The van der Waals surface area contributed by atoms with Crippen LogP contribution in [0.4, 0.5) is 0 Å². The van der Waals surface area contributed by atoms with Crippen molar-refractivity contribution >= 4 is 39.5 Å². The summed E-state index contributed by atoms with van der Waals surface area (Å²) in [4.78, 5) is 17.4. The zero-order chi connectivity index (χ0) is 18.5. The lowest BCUT2D eigenvalue weighted by Gasteiger charge is -2.23. The summed E-state index contributed by atoms with van der Waals surface area (Å²) in [5.41, 5.74) is 2.00. The van der Waals surface area contributed by atoms with Crippen molar-refractivity contribution in [3.63, 3.8) is 0 Å². The van der Waals surface area contributed by atoms with Gasteiger partial charge in [0.25, 0.3) is 5.56 Å². The van der Waals surface area contributed by atoms with Gasteiger partial charge in [0.1, 0.15) is 11.4 Å². The number of nitrogens with zero attached hydrogens (tertiary/aromatic N) is 3. The van der Waals surface area contributed by atoms with E-state index in [1.54, 1.807) is 20.8 Å². The van der Waals surface area contributed by atoms with Gasteiger partial charge in [-0.25, -0.2) is 14.1 Å². The number of quaternary nitrogens is 1. The zero-order valence-corrected chi connectivity index (χ0v) is 16.6. The lowest BCUT2D eigenvalue weighted by molar-refractivity contribution is -0.915. The first-order valence-electron chi connectivity index (χ1n) is 9.24. The van der Waals surface area contributed by atoms with Crippen LogP contribution in [0.2, 0.25) is 0 Å². The first-order chi connectivity index (χ1) is 13.2. The molecule has 0 aliphatic carbocycles. The third-order valence-electron chi connectivity index (χ3n) is 5.30. The Hall–Kier alpha value is -2.29. The molecule has 0 fully saturated rings. The quantitative estimate of drug-likeness (QED) is 0.520. The summed E-state index contributed by atoms with van der Waals surface area (Å²) in [6.07, 6.45) is 2.11. The third-order valence-corrected chi connectivity index (χ3v) is 6.79. The molecule has 0 saturated heterocycles. The smallest absolute Gasteiger partial charge is 0.268 e.